The zero-order chi connectivity index (χ0) is 13.2. The van der Waals surface area contributed by atoms with Crippen molar-refractivity contribution < 1.29 is 0 Å². The standard InChI is InChI=1S/C17H20N2/c1-13-5-4-7-15(11-13)17(12-18)19-10-9-14-6-2-3-8-16(14)19/h2-8,11,17H,9-10,12,18H2,1H3. The molecule has 0 aliphatic carbocycles. The van der Waals surface area contributed by atoms with Crippen molar-refractivity contribution in [3.63, 3.8) is 0 Å². The molecule has 2 aromatic carbocycles. The minimum atomic E-state index is 0.281. The van der Waals surface area contributed by atoms with Gasteiger partial charge in [-0.25, -0.2) is 0 Å². The van der Waals surface area contributed by atoms with Crippen molar-refractivity contribution in [1.82, 2.24) is 0 Å². The molecule has 0 saturated heterocycles. The molecule has 19 heavy (non-hydrogen) atoms. The molecule has 1 atom stereocenters. The number of anilines is 1. The van der Waals surface area contributed by atoms with Gasteiger partial charge in [0.15, 0.2) is 0 Å². The van der Waals surface area contributed by atoms with Gasteiger partial charge in [-0.05, 0) is 30.5 Å². The Balaban J connectivity index is 1.96. The molecular formula is C17H20N2. The second kappa shape index (κ2) is 5.06. The zero-order valence-corrected chi connectivity index (χ0v) is 11.3. The third-order valence-electron chi connectivity index (χ3n) is 3.95. The van der Waals surface area contributed by atoms with Crippen LogP contribution in [0.3, 0.4) is 0 Å². The van der Waals surface area contributed by atoms with Crippen LogP contribution in [-0.4, -0.2) is 13.1 Å². The van der Waals surface area contributed by atoms with Crippen molar-refractivity contribution in [2.75, 3.05) is 18.0 Å². The fourth-order valence-electron chi connectivity index (χ4n) is 3.01. The van der Waals surface area contributed by atoms with E-state index in [2.05, 4.69) is 60.4 Å². The Labute approximate surface area is 114 Å². The predicted octanol–water partition coefficient (Wildman–Crippen LogP) is 3.06. The smallest absolute Gasteiger partial charge is 0.0665 e. The Hall–Kier alpha value is -1.80. The van der Waals surface area contributed by atoms with Crippen molar-refractivity contribution in [1.29, 1.82) is 0 Å². The lowest BCUT2D eigenvalue weighted by Gasteiger charge is -2.30. The van der Waals surface area contributed by atoms with Crippen LogP contribution >= 0.6 is 0 Å². The van der Waals surface area contributed by atoms with E-state index in [4.69, 9.17) is 5.73 Å². The summed E-state index contributed by atoms with van der Waals surface area (Å²) in [4.78, 5) is 2.45. The van der Waals surface area contributed by atoms with E-state index in [0.29, 0.717) is 6.54 Å². The summed E-state index contributed by atoms with van der Waals surface area (Å²) in [5, 5.41) is 0. The normalized spacial score (nSPS) is 15.4. The van der Waals surface area contributed by atoms with E-state index in [1.54, 1.807) is 0 Å². The van der Waals surface area contributed by atoms with Gasteiger partial charge in [-0.1, -0.05) is 48.0 Å². The molecule has 0 bridgehead atoms. The molecule has 2 aromatic rings. The van der Waals surface area contributed by atoms with Crippen LogP contribution in [-0.2, 0) is 6.42 Å². The largest absolute Gasteiger partial charge is 0.363 e. The minimum absolute atomic E-state index is 0.281. The first-order chi connectivity index (χ1) is 9.29. The van der Waals surface area contributed by atoms with Crippen LogP contribution in [0.15, 0.2) is 48.5 Å². The van der Waals surface area contributed by atoms with Crippen LogP contribution in [0.1, 0.15) is 22.7 Å². The number of benzene rings is 2. The zero-order valence-electron chi connectivity index (χ0n) is 11.3. The van der Waals surface area contributed by atoms with Crippen LogP contribution in [0.2, 0.25) is 0 Å². The summed E-state index contributed by atoms with van der Waals surface area (Å²) in [6, 6.07) is 17.6. The first-order valence-electron chi connectivity index (χ1n) is 6.91. The van der Waals surface area contributed by atoms with Gasteiger partial charge in [0.05, 0.1) is 6.04 Å². The molecule has 0 fully saturated rings. The Kier molecular flexibility index (Phi) is 3.26. The highest BCUT2D eigenvalue weighted by molar-refractivity contribution is 5.59. The third kappa shape index (κ3) is 2.24. The molecule has 2 N–H and O–H groups in total. The number of hydrogen-bond acceptors (Lipinski definition) is 2. The number of nitrogens with two attached hydrogens (primary N) is 1. The first-order valence-corrected chi connectivity index (χ1v) is 6.91. The molecule has 1 heterocycles. The van der Waals surface area contributed by atoms with Gasteiger partial charge in [0.1, 0.15) is 0 Å². The maximum absolute atomic E-state index is 6.05. The summed E-state index contributed by atoms with van der Waals surface area (Å²) in [5.41, 5.74) is 11.4. The number of aryl methyl sites for hydroxylation is 1. The Bertz CT molecular complexity index is 577. The monoisotopic (exact) mass is 252 g/mol. The molecule has 1 aliphatic heterocycles. The van der Waals surface area contributed by atoms with Gasteiger partial charge < -0.3 is 10.6 Å². The van der Waals surface area contributed by atoms with E-state index < -0.39 is 0 Å². The molecular weight excluding hydrogens is 232 g/mol. The second-order valence-electron chi connectivity index (χ2n) is 5.24. The molecule has 2 nitrogen and oxygen atoms in total. The maximum Gasteiger partial charge on any atom is 0.0665 e. The van der Waals surface area contributed by atoms with E-state index in [1.165, 1.54) is 22.4 Å². The Morgan fingerprint density at radius 2 is 2.00 bits per heavy atom. The number of hydrogen-bond donors (Lipinski definition) is 1. The van der Waals surface area contributed by atoms with Gasteiger partial charge in [-0.2, -0.15) is 0 Å². The van der Waals surface area contributed by atoms with Crippen molar-refractivity contribution in [3.8, 4) is 0 Å². The highest BCUT2D eigenvalue weighted by Crippen LogP contribution is 2.34. The molecule has 1 aliphatic rings. The van der Waals surface area contributed by atoms with Crippen LogP contribution in [0.5, 0.6) is 0 Å². The quantitative estimate of drug-likeness (QED) is 0.909. The van der Waals surface area contributed by atoms with Crippen molar-refractivity contribution >= 4 is 5.69 Å². The molecule has 98 valence electrons. The lowest BCUT2D eigenvalue weighted by atomic mass is 10.0. The summed E-state index contributed by atoms with van der Waals surface area (Å²) in [6.07, 6.45) is 1.12. The maximum atomic E-state index is 6.05. The third-order valence-corrected chi connectivity index (χ3v) is 3.95. The summed E-state index contributed by atoms with van der Waals surface area (Å²) >= 11 is 0. The molecule has 0 spiro atoms. The average Bonchev–Trinajstić information content (AvgIpc) is 2.84. The van der Waals surface area contributed by atoms with Crippen molar-refractivity contribution in [2.24, 2.45) is 5.73 Å². The molecule has 2 heteroatoms. The summed E-state index contributed by atoms with van der Waals surface area (Å²) in [7, 11) is 0. The average molecular weight is 252 g/mol. The van der Waals surface area contributed by atoms with Crippen LogP contribution in [0.25, 0.3) is 0 Å². The first kappa shape index (κ1) is 12.2. The van der Waals surface area contributed by atoms with E-state index >= 15 is 0 Å². The topological polar surface area (TPSA) is 29.3 Å². The molecule has 0 saturated carbocycles. The SMILES string of the molecule is Cc1cccc(C(CN)N2CCc3ccccc32)c1. The van der Waals surface area contributed by atoms with Gasteiger partial charge in [0.25, 0.3) is 0 Å². The highest BCUT2D eigenvalue weighted by Gasteiger charge is 2.25. The highest BCUT2D eigenvalue weighted by atomic mass is 15.2. The van der Waals surface area contributed by atoms with Crippen LogP contribution in [0, 0.1) is 6.92 Å². The van der Waals surface area contributed by atoms with Crippen LogP contribution in [0.4, 0.5) is 5.69 Å². The van der Waals surface area contributed by atoms with Crippen molar-refractivity contribution in [2.45, 2.75) is 19.4 Å². The van der Waals surface area contributed by atoms with Gasteiger partial charge in [0, 0.05) is 18.8 Å². The molecule has 0 aromatic heterocycles. The fourth-order valence-corrected chi connectivity index (χ4v) is 3.01. The summed E-state index contributed by atoms with van der Waals surface area (Å²) < 4.78 is 0. The molecule has 0 radical (unpaired) electrons. The number of rotatable bonds is 3. The van der Waals surface area contributed by atoms with Crippen LogP contribution < -0.4 is 10.6 Å². The number of fused-ring (bicyclic) bond motifs is 1. The van der Waals surface area contributed by atoms with E-state index in [1.807, 2.05) is 0 Å². The van der Waals surface area contributed by atoms with E-state index in [-0.39, 0.29) is 6.04 Å². The minimum Gasteiger partial charge on any atom is -0.363 e. The van der Waals surface area contributed by atoms with Crippen molar-refractivity contribution in [3.05, 3.63) is 65.2 Å². The number of nitrogens with zero attached hydrogens (tertiary/aromatic N) is 1. The molecule has 3 rings (SSSR count). The lowest BCUT2D eigenvalue weighted by Crippen LogP contribution is -2.32. The van der Waals surface area contributed by atoms with E-state index in [9.17, 15) is 0 Å². The summed E-state index contributed by atoms with van der Waals surface area (Å²) in [6.45, 7) is 3.85. The Morgan fingerprint density at radius 3 is 2.79 bits per heavy atom. The van der Waals surface area contributed by atoms with E-state index in [0.717, 1.165) is 13.0 Å². The van der Waals surface area contributed by atoms with Gasteiger partial charge in [-0.15, -0.1) is 0 Å². The summed E-state index contributed by atoms with van der Waals surface area (Å²) in [5.74, 6) is 0. The van der Waals surface area contributed by atoms with Gasteiger partial charge >= 0.3 is 0 Å². The fraction of sp³-hybridized carbons (Fsp3) is 0.294. The van der Waals surface area contributed by atoms with Gasteiger partial charge in [-0.3, -0.25) is 0 Å². The Morgan fingerprint density at radius 1 is 1.16 bits per heavy atom. The molecule has 1 unspecified atom stereocenters. The number of para-hydroxylation sites is 1. The predicted molar refractivity (Wildman–Crippen MR) is 80.5 cm³/mol. The lowest BCUT2D eigenvalue weighted by molar-refractivity contribution is 0.648. The molecule has 0 amide bonds. The second-order valence-corrected chi connectivity index (χ2v) is 5.24. The van der Waals surface area contributed by atoms with Gasteiger partial charge in [0.2, 0.25) is 0 Å².